The van der Waals surface area contributed by atoms with Gasteiger partial charge < -0.3 is 24.8 Å². The quantitative estimate of drug-likeness (QED) is 0.396. The number of methoxy groups -OCH3 is 1. The summed E-state index contributed by atoms with van der Waals surface area (Å²) in [4.78, 5) is 19.2. The van der Waals surface area contributed by atoms with Crippen molar-refractivity contribution in [2.75, 3.05) is 31.7 Å². The Kier molecular flexibility index (Phi) is 7.91. The van der Waals surface area contributed by atoms with Gasteiger partial charge in [0.25, 0.3) is 0 Å². The van der Waals surface area contributed by atoms with Crippen LogP contribution < -0.4 is 15.0 Å². The van der Waals surface area contributed by atoms with Crippen molar-refractivity contribution in [1.82, 2.24) is 10.3 Å². The highest BCUT2D eigenvalue weighted by Crippen LogP contribution is 2.40. The summed E-state index contributed by atoms with van der Waals surface area (Å²) in [5, 5.41) is 13.5. The maximum atomic E-state index is 12.1. The van der Waals surface area contributed by atoms with E-state index >= 15 is 0 Å². The van der Waals surface area contributed by atoms with Gasteiger partial charge in [-0.05, 0) is 85.7 Å². The van der Waals surface area contributed by atoms with Crippen molar-refractivity contribution in [1.29, 1.82) is 0 Å². The molecule has 7 heteroatoms. The second-order valence-electron chi connectivity index (χ2n) is 10.9. The minimum Gasteiger partial charge on any atom is -0.488 e. The highest BCUT2D eigenvalue weighted by molar-refractivity contribution is 5.77. The van der Waals surface area contributed by atoms with E-state index in [0.717, 1.165) is 54.3 Å². The second kappa shape index (κ2) is 11.4. The van der Waals surface area contributed by atoms with Crippen LogP contribution in [0.3, 0.4) is 0 Å². The predicted octanol–water partition coefficient (Wildman–Crippen LogP) is 5.16. The van der Waals surface area contributed by atoms with Gasteiger partial charge in [-0.3, -0.25) is 4.79 Å². The largest absolute Gasteiger partial charge is 0.488 e. The summed E-state index contributed by atoms with van der Waals surface area (Å²) in [6, 6.07) is 16.3. The monoisotopic (exact) mass is 529 g/mol. The number of carboxylic acids is 1. The van der Waals surface area contributed by atoms with Crippen LogP contribution in [0.5, 0.6) is 5.75 Å². The van der Waals surface area contributed by atoms with Gasteiger partial charge in [0, 0.05) is 25.8 Å². The zero-order valence-corrected chi connectivity index (χ0v) is 23.4. The van der Waals surface area contributed by atoms with E-state index in [1.807, 2.05) is 30.3 Å². The summed E-state index contributed by atoms with van der Waals surface area (Å²) >= 11 is 0. The summed E-state index contributed by atoms with van der Waals surface area (Å²) in [6.45, 7) is 9.45. The molecule has 0 radical (unpaired) electrons. The van der Waals surface area contributed by atoms with Crippen molar-refractivity contribution in [3.05, 3.63) is 76.3 Å². The maximum absolute atomic E-state index is 12.1. The Bertz CT molecular complexity index is 1340. The van der Waals surface area contributed by atoms with Gasteiger partial charge in [0.2, 0.25) is 0 Å². The molecule has 0 bridgehead atoms. The van der Waals surface area contributed by atoms with E-state index in [1.54, 1.807) is 14.0 Å². The first-order valence-corrected chi connectivity index (χ1v) is 13.9. The lowest BCUT2D eigenvalue weighted by Gasteiger charge is -2.32. The molecule has 0 aliphatic carbocycles. The molecular formula is C32H39N3O4. The first kappa shape index (κ1) is 27.2. The number of benzene rings is 2. The van der Waals surface area contributed by atoms with Crippen LogP contribution in [0, 0.1) is 12.3 Å². The summed E-state index contributed by atoms with van der Waals surface area (Å²) in [5.41, 5.74) is 7.34. The molecule has 5 rings (SSSR count). The van der Waals surface area contributed by atoms with Gasteiger partial charge in [-0.15, -0.1) is 0 Å². The molecule has 3 aromatic rings. The van der Waals surface area contributed by atoms with Crippen molar-refractivity contribution in [3.63, 3.8) is 0 Å². The molecule has 2 aliphatic heterocycles. The van der Waals surface area contributed by atoms with E-state index in [2.05, 4.69) is 42.3 Å². The van der Waals surface area contributed by atoms with E-state index in [4.69, 9.17) is 14.5 Å². The molecule has 2 aromatic carbocycles. The first-order valence-electron chi connectivity index (χ1n) is 13.9. The highest BCUT2D eigenvalue weighted by atomic mass is 16.5. The van der Waals surface area contributed by atoms with Gasteiger partial charge in [-0.1, -0.05) is 37.3 Å². The van der Waals surface area contributed by atoms with Gasteiger partial charge in [0.15, 0.2) is 0 Å². The Morgan fingerprint density at radius 2 is 2.05 bits per heavy atom. The smallest absolute Gasteiger partial charge is 0.311 e. The number of aryl methyl sites for hydroxylation is 2. The van der Waals surface area contributed by atoms with Crippen molar-refractivity contribution in [2.45, 2.75) is 59.2 Å². The van der Waals surface area contributed by atoms with Gasteiger partial charge in [0.1, 0.15) is 18.2 Å². The molecule has 0 saturated carbocycles. The lowest BCUT2D eigenvalue weighted by Crippen LogP contribution is -2.46. The highest BCUT2D eigenvalue weighted by Gasteiger charge is 2.50. The molecule has 2 N–H and O–H groups in total. The number of carboxylic acid groups (broad SMARTS) is 1. The molecule has 1 aromatic heterocycles. The van der Waals surface area contributed by atoms with Gasteiger partial charge in [0.05, 0.1) is 23.8 Å². The number of carbonyl (C=O) groups is 1. The summed E-state index contributed by atoms with van der Waals surface area (Å²) in [7, 11) is 1.61. The van der Waals surface area contributed by atoms with Gasteiger partial charge >= 0.3 is 5.97 Å². The summed E-state index contributed by atoms with van der Waals surface area (Å²) in [6.07, 6.45) is 2.59. The Hall–Kier alpha value is -3.42. The van der Waals surface area contributed by atoms with Crippen LogP contribution in [-0.4, -0.2) is 48.9 Å². The molecule has 1 fully saturated rings. The van der Waals surface area contributed by atoms with E-state index < -0.39 is 11.4 Å². The molecule has 7 nitrogen and oxygen atoms in total. The molecule has 3 heterocycles. The SMILES string of the molecule is CCc1cc(COc2c(C)cccc2-c2cccc(N3CC[C@@](C)(C(=O)O)[C@H]3COC)n2)cc2c1CNCC2. The van der Waals surface area contributed by atoms with E-state index in [1.165, 1.54) is 22.3 Å². The van der Waals surface area contributed by atoms with Crippen molar-refractivity contribution in [2.24, 2.45) is 5.41 Å². The predicted molar refractivity (Wildman–Crippen MR) is 153 cm³/mol. The number of rotatable bonds is 9. The molecule has 39 heavy (non-hydrogen) atoms. The third-order valence-electron chi connectivity index (χ3n) is 8.44. The number of ether oxygens (including phenoxy) is 2. The fourth-order valence-electron chi connectivity index (χ4n) is 6.06. The minimum absolute atomic E-state index is 0.303. The molecular weight excluding hydrogens is 490 g/mol. The third kappa shape index (κ3) is 5.25. The number of nitrogens with zero attached hydrogens (tertiary/aromatic N) is 2. The van der Waals surface area contributed by atoms with Crippen LogP contribution in [0.4, 0.5) is 5.82 Å². The molecule has 0 unspecified atom stereocenters. The molecule has 2 aliphatic rings. The van der Waals surface area contributed by atoms with Gasteiger partial charge in [-0.25, -0.2) is 4.98 Å². The number of hydrogen-bond acceptors (Lipinski definition) is 6. The first-order chi connectivity index (χ1) is 18.9. The fraction of sp³-hybridized carbons (Fsp3) is 0.438. The Balaban J connectivity index is 1.44. The zero-order valence-electron chi connectivity index (χ0n) is 23.4. The average Bonchev–Trinajstić information content (AvgIpc) is 3.29. The number of anilines is 1. The third-order valence-corrected chi connectivity index (χ3v) is 8.44. The Morgan fingerprint density at radius 3 is 2.82 bits per heavy atom. The zero-order chi connectivity index (χ0) is 27.6. The fourth-order valence-corrected chi connectivity index (χ4v) is 6.06. The number of aliphatic carboxylic acids is 1. The number of aromatic nitrogens is 1. The van der Waals surface area contributed by atoms with Crippen LogP contribution in [0.15, 0.2) is 48.5 Å². The standard InChI is InChI=1S/C32H39N3O4/c1-5-23-16-22(17-24-12-14-33-18-26(23)24)19-39-30-21(2)8-6-9-25(30)27-10-7-11-29(34-27)35-15-13-32(3,31(36)37)28(35)20-38-4/h6-11,16-17,28,33H,5,12-15,18-20H2,1-4H3,(H,36,37)/t28-,32-/m1/s1. The van der Waals surface area contributed by atoms with Crippen LogP contribution in [-0.2, 0) is 35.5 Å². The van der Waals surface area contributed by atoms with Crippen molar-refractivity contribution >= 4 is 11.8 Å². The minimum atomic E-state index is -0.895. The lowest BCUT2D eigenvalue weighted by molar-refractivity contribution is -0.148. The molecule has 0 spiro atoms. The van der Waals surface area contributed by atoms with E-state index in [9.17, 15) is 9.90 Å². The topological polar surface area (TPSA) is 83.9 Å². The molecule has 2 atom stereocenters. The van der Waals surface area contributed by atoms with Crippen LogP contribution >= 0.6 is 0 Å². The summed E-state index contributed by atoms with van der Waals surface area (Å²) < 4.78 is 12.0. The van der Waals surface area contributed by atoms with Crippen LogP contribution in [0.25, 0.3) is 11.3 Å². The number of para-hydroxylation sites is 1. The van der Waals surface area contributed by atoms with Crippen LogP contribution in [0.2, 0.25) is 0 Å². The Morgan fingerprint density at radius 1 is 1.23 bits per heavy atom. The van der Waals surface area contributed by atoms with E-state index in [0.29, 0.717) is 26.2 Å². The van der Waals surface area contributed by atoms with Crippen molar-refractivity contribution < 1.29 is 19.4 Å². The number of pyridine rings is 1. The van der Waals surface area contributed by atoms with Gasteiger partial charge in [-0.2, -0.15) is 0 Å². The normalized spacial score (nSPS) is 20.6. The second-order valence-corrected chi connectivity index (χ2v) is 10.9. The molecule has 0 amide bonds. The summed E-state index contributed by atoms with van der Waals surface area (Å²) in [5.74, 6) is 0.773. The molecule has 206 valence electrons. The lowest BCUT2D eigenvalue weighted by atomic mass is 9.83. The average molecular weight is 530 g/mol. The van der Waals surface area contributed by atoms with Crippen molar-refractivity contribution in [3.8, 4) is 17.0 Å². The van der Waals surface area contributed by atoms with Crippen LogP contribution in [0.1, 0.15) is 48.1 Å². The Labute approximate surface area is 231 Å². The van der Waals surface area contributed by atoms with E-state index in [-0.39, 0.29) is 6.04 Å². The number of hydrogen-bond donors (Lipinski definition) is 2. The molecule has 1 saturated heterocycles. The maximum Gasteiger partial charge on any atom is 0.311 e. The number of nitrogens with one attached hydrogen (secondary N) is 1. The number of fused-ring (bicyclic) bond motifs is 1.